The molecule has 2 aliphatic heterocycles. The number of hydrogen-bond donors (Lipinski definition) is 2. The number of amides is 4. The van der Waals surface area contributed by atoms with Crippen molar-refractivity contribution in [2.45, 2.75) is 18.4 Å². The number of rotatable bonds is 1. The zero-order chi connectivity index (χ0) is 14.2. The van der Waals surface area contributed by atoms with Crippen LogP contribution in [0.2, 0.25) is 0 Å². The van der Waals surface area contributed by atoms with E-state index in [1.165, 1.54) is 18.6 Å². The lowest BCUT2D eigenvalue weighted by Crippen LogP contribution is -2.55. The summed E-state index contributed by atoms with van der Waals surface area (Å²) >= 11 is 0. The lowest BCUT2D eigenvalue weighted by Gasteiger charge is -2.36. The Morgan fingerprint density at radius 3 is 2.55 bits per heavy atom. The molecule has 3 heterocycles. The maximum Gasteiger partial charge on any atom is 0.322 e. The van der Waals surface area contributed by atoms with Crippen LogP contribution in [0.5, 0.6) is 0 Å². The van der Waals surface area contributed by atoms with Crippen LogP contribution in [0, 0.1) is 0 Å². The van der Waals surface area contributed by atoms with Crippen LogP contribution in [0.1, 0.15) is 23.3 Å². The van der Waals surface area contributed by atoms with Crippen molar-refractivity contribution >= 4 is 17.8 Å². The van der Waals surface area contributed by atoms with Gasteiger partial charge in [0.15, 0.2) is 0 Å². The van der Waals surface area contributed by atoms with Gasteiger partial charge in [-0.1, -0.05) is 0 Å². The van der Waals surface area contributed by atoms with Crippen LogP contribution in [0.15, 0.2) is 18.6 Å². The maximum atomic E-state index is 12.2. The molecule has 8 heteroatoms. The number of nitrogens with one attached hydrogen (secondary N) is 2. The molecule has 1 aromatic rings. The highest BCUT2D eigenvalue weighted by atomic mass is 16.2. The zero-order valence-corrected chi connectivity index (χ0v) is 10.6. The third-order valence-electron chi connectivity index (χ3n) is 3.70. The van der Waals surface area contributed by atoms with E-state index < -0.39 is 11.6 Å². The van der Waals surface area contributed by atoms with Gasteiger partial charge in [0.05, 0.1) is 6.20 Å². The van der Waals surface area contributed by atoms with Gasteiger partial charge in [0.1, 0.15) is 11.2 Å². The fourth-order valence-corrected chi connectivity index (χ4v) is 2.54. The summed E-state index contributed by atoms with van der Waals surface area (Å²) in [5.74, 6) is -0.521. The third-order valence-corrected chi connectivity index (χ3v) is 3.70. The topological polar surface area (TPSA) is 104 Å². The molecule has 0 aromatic carbocycles. The molecule has 1 spiro atoms. The number of piperidine rings is 1. The first kappa shape index (κ1) is 12.5. The number of hydrogen-bond acceptors (Lipinski definition) is 5. The molecule has 8 nitrogen and oxygen atoms in total. The van der Waals surface area contributed by atoms with E-state index in [1.807, 2.05) is 0 Å². The highest BCUT2D eigenvalue weighted by molar-refractivity contribution is 6.07. The maximum absolute atomic E-state index is 12.2. The summed E-state index contributed by atoms with van der Waals surface area (Å²) in [6, 6.07) is -0.469. The molecule has 0 radical (unpaired) electrons. The van der Waals surface area contributed by atoms with Crippen molar-refractivity contribution in [2.24, 2.45) is 0 Å². The average molecular weight is 275 g/mol. The van der Waals surface area contributed by atoms with E-state index in [0.717, 1.165) is 0 Å². The Labute approximate surface area is 114 Å². The summed E-state index contributed by atoms with van der Waals surface area (Å²) in [6.45, 7) is 0.784. The second-order valence-corrected chi connectivity index (χ2v) is 4.87. The number of likely N-dealkylation sites (tertiary alicyclic amines) is 1. The molecule has 0 atom stereocenters. The molecule has 2 fully saturated rings. The quantitative estimate of drug-likeness (QED) is 0.659. The van der Waals surface area contributed by atoms with E-state index in [9.17, 15) is 14.4 Å². The monoisotopic (exact) mass is 275 g/mol. The van der Waals surface area contributed by atoms with Crippen molar-refractivity contribution in [3.05, 3.63) is 24.3 Å². The van der Waals surface area contributed by atoms with Crippen LogP contribution in [-0.4, -0.2) is 51.3 Å². The van der Waals surface area contributed by atoms with Crippen LogP contribution in [0.25, 0.3) is 0 Å². The zero-order valence-electron chi connectivity index (χ0n) is 10.6. The van der Waals surface area contributed by atoms with E-state index >= 15 is 0 Å². The Hall–Kier alpha value is -2.51. The molecular formula is C12H13N5O3. The predicted molar refractivity (Wildman–Crippen MR) is 66.6 cm³/mol. The van der Waals surface area contributed by atoms with Crippen LogP contribution in [0.4, 0.5) is 4.79 Å². The highest BCUT2D eigenvalue weighted by Gasteiger charge is 2.48. The van der Waals surface area contributed by atoms with Crippen molar-refractivity contribution in [1.29, 1.82) is 0 Å². The van der Waals surface area contributed by atoms with E-state index in [4.69, 9.17) is 0 Å². The second-order valence-electron chi connectivity index (χ2n) is 4.87. The molecule has 2 N–H and O–H groups in total. The number of carbonyl (C=O) groups excluding carboxylic acids is 3. The number of urea groups is 1. The van der Waals surface area contributed by atoms with Crippen molar-refractivity contribution in [2.75, 3.05) is 13.1 Å². The number of carbonyl (C=O) groups is 3. The first-order valence-corrected chi connectivity index (χ1v) is 6.30. The van der Waals surface area contributed by atoms with Crippen molar-refractivity contribution < 1.29 is 14.4 Å². The molecule has 3 rings (SSSR count). The first-order chi connectivity index (χ1) is 9.61. The van der Waals surface area contributed by atoms with Gasteiger partial charge in [-0.05, 0) is 12.8 Å². The third kappa shape index (κ3) is 1.98. The Morgan fingerprint density at radius 1 is 1.25 bits per heavy atom. The average Bonchev–Trinajstić information content (AvgIpc) is 2.74. The van der Waals surface area contributed by atoms with Crippen LogP contribution < -0.4 is 10.6 Å². The smallest absolute Gasteiger partial charge is 0.322 e. The van der Waals surface area contributed by atoms with Gasteiger partial charge in [-0.15, -0.1) is 0 Å². The summed E-state index contributed by atoms with van der Waals surface area (Å²) in [5, 5.41) is 4.89. The van der Waals surface area contributed by atoms with Crippen LogP contribution in [0.3, 0.4) is 0 Å². The minimum absolute atomic E-state index is 0.210. The largest absolute Gasteiger partial charge is 0.337 e. The van der Waals surface area contributed by atoms with Gasteiger partial charge in [0, 0.05) is 25.5 Å². The molecular weight excluding hydrogens is 262 g/mol. The van der Waals surface area contributed by atoms with E-state index in [-0.39, 0.29) is 17.5 Å². The minimum Gasteiger partial charge on any atom is -0.337 e. The molecule has 1 aromatic heterocycles. The van der Waals surface area contributed by atoms with E-state index in [1.54, 1.807) is 4.90 Å². The molecule has 0 aliphatic carbocycles. The highest BCUT2D eigenvalue weighted by Crippen LogP contribution is 2.26. The van der Waals surface area contributed by atoms with Gasteiger partial charge in [-0.3, -0.25) is 19.9 Å². The van der Waals surface area contributed by atoms with Gasteiger partial charge in [-0.25, -0.2) is 9.78 Å². The van der Waals surface area contributed by atoms with Gasteiger partial charge in [-0.2, -0.15) is 0 Å². The van der Waals surface area contributed by atoms with E-state index in [2.05, 4.69) is 20.6 Å². The molecule has 0 bridgehead atoms. The summed E-state index contributed by atoms with van der Waals surface area (Å²) in [5.41, 5.74) is -0.584. The van der Waals surface area contributed by atoms with Gasteiger partial charge in [0.2, 0.25) is 0 Å². The van der Waals surface area contributed by atoms with Crippen LogP contribution in [-0.2, 0) is 4.79 Å². The first-order valence-electron chi connectivity index (χ1n) is 6.30. The molecule has 4 amide bonds. The second kappa shape index (κ2) is 4.55. The van der Waals surface area contributed by atoms with E-state index in [0.29, 0.717) is 25.9 Å². The molecule has 20 heavy (non-hydrogen) atoms. The Balaban J connectivity index is 1.69. The van der Waals surface area contributed by atoms with Crippen LogP contribution >= 0.6 is 0 Å². The fraction of sp³-hybridized carbons (Fsp3) is 0.417. The fourth-order valence-electron chi connectivity index (χ4n) is 2.54. The van der Waals surface area contributed by atoms with Gasteiger partial charge >= 0.3 is 6.03 Å². The Kier molecular flexibility index (Phi) is 2.85. The Bertz CT molecular complexity index is 566. The standard InChI is InChI=1S/C12H13N5O3/c18-9(8-7-13-3-4-14-8)17-5-1-12(2-6-17)10(19)15-11(20)16-12/h3-4,7H,1-2,5-6H2,(H2,15,16,19,20). The molecule has 0 saturated carbocycles. The molecule has 2 aliphatic rings. The van der Waals surface area contributed by atoms with Crippen molar-refractivity contribution in [3.8, 4) is 0 Å². The normalized spacial score (nSPS) is 20.7. The molecule has 0 unspecified atom stereocenters. The summed E-state index contributed by atoms with van der Waals surface area (Å²) in [6.07, 6.45) is 5.17. The number of nitrogens with zero attached hydrogens (tertiary/aromatic N) is 3. The lowest BCUT2D eigenvalue weighted by atomic mass is 9.87. The Morgan fingerprint density at radius 2 is 2.00 bits per heavy atom. The molecule has 2 saturated heterocycles. The minimum atomic E-state index is -0.865. The summed E-state index contributed by atoms with van der Waals surface area (Å²) < 4.78 is 0. The number of imide groups is 1. The SMILES string of the molecule is O=C1NC(=O)C2(CCN(C(=O)c3cnccn3)CC2)N1. The van der Waals surface area contributed by atoms with Crippen molar-refractivity contribution in [1.82, 2.24) is 25.5 Å². The predicted octanol–water partition coefficient (Wildman–Crippen LogP) is -0.709. The van der Waals surface area contributed by atoms with Crippen molar-refractivity contribution in [3.63, 3.8) is 0 Å². The van der Waals surface area contributed by atoms with Gasteiger partial charge < -0.3 is 10.2 Å². The summed E-state index contributed by atoms with van der Waals surface area (Å²) in [4.78, 5) is 44.6. The number of aromatic nitrogens is 2. The molecule has 104 valence electrons. The van der Waals surface area contributed by atoms with Gasteiger partial charge in [0.25, 0.3) is 11.8 Å². The lowest BCUT2D eigenvalue weighted by molar-refractivity contribution is -0.125. The summed E-state index contributed by atoms with van der Waals surface area (Å²) in [7, 11) is 0.